The van der Waals surface area contributed by atoms with Crippen molar-refractivity contribution < 1.29 is 9.53 Å². The second kappa shape index (κ2) is 2.56. The topological polar surface area (TPSA) is 77.6 Å². The summed E-state index contributed by atoms with van der Waals surface area (Å²) >= 11 is 1.34. The van der Waals surface area contributed by atoms with Crippen LogP contribution in [0.5, 0.6) is 0 Å². The zero-order valence-electron chi connectivity index (χ0n) is 5.93. The fraction of sp³-hybridized carbons (Fsp3) is 0.167. The van der Waals surface area contributed by atoms with E-state index in [1.165, 1.54) is 11.3 Å². The maximum atomic E-state index is 11.1. The lowest BCUT2D eigenvalue weighted by molar-refractivity contribution is -0.122. The highest BCUT2D eigenvalue weighted by atomic mass is 32.1. The first kappa shape index (κ1) is 7.23. The number of amidine groups is 1. The van der Waals surface area contributed by atoms with Gasteiger partial charge in [-0.25, -0.2) is 4.98 Å². The number of hydrogen-bond acceptors (Lipinski definition) is 5. The van der Waals surface area contributed by atoms with Crippen LogP contribution in [0.1, 0.15) is 11.1 Å². The number of nitrogens with two attached hydrogens (primary N) is 1. The van der Waals surface area contributed by atoms with Gasteiger partial charge in [-0.2, -0.15) is 4.99 Å². The summed E-state index contributed by atoms with van der Waals surface area (Å²) in [6, 6.07) is -0.0831. The zero-order chi connectivity index (χ0) is 8.55. The average molecular weight is 183 g/mol. The third-order valence-electron chi connectivity index (χ3n) is 1.36. The van der Waals surface area contributed by atoms with E-state index in [0.29, 0.717) is 5.01 Å². The Balaban J connectivity index is 2.25. The molecule has 0 saturated heterocycles. The number of rotatable bonds is 1. The molecular formula is C6H5N3O2S. The van der Waals surface area contributed by atoms with Crippen LogP contribution in [0, 0.1) is 0 Å². The normalized spacial score (nSPS) is 22.2. The maximum absolute atomic E-state index is 11.1. The SMILES string of the molecule is NC1=NC(=O)C(c2nccs2)O1. The van der Waals surface area contributed by atoms with Crippen molar-refractivity contribution in [1.82, 2.24) is 4.98 Å². The molecule has 0 saturated carbocycles. The quantitative estimate of drug-likeness (QED) is 0.667. The Morgan fingerprint density at radius 2 is 2.50 bits per heavy atom. The molecule has 1 aromatic rings. The van der Waals surface area contributed by atoms with Gasteiger partial charge in [-0.1, -0.05) is 0 Å². The van der Waals surface area contributed by atoms with Crippen LogP contribution in [-0.4, -0.2) is 16.9 Å². The van der Waals surface area contributed by atoms with E-state index < -0.39 is 6.10 Å². The number of thiazole rings is 1. The van der Waals surface area contributed by atoms with E-state index >= 15 is 0 Å². The van der Waals surface area contributed by atoms with E-state index in [-0.39, 0.29) is 11.9 Å². The summed E-state index contributed by atoms with van der Waals surface area (Å²) < 4.78 is 4.94. The van der Waals surface area contributed by atoms with Gasteiger partial charge in [-0.3, -0.25) is 4.79 Å². The van der Waals surface area contributed by atoms with Crippen LogP contribution < -0.4 is 5.73 Å². The second-order valence-electron chi connectivity index (χ2n) is 2.16. The predicted molar refractivity (Wildman–Crippen MR) is 42.6 cm³/mol. The summed E-state index contributed by atoms with van der Waals surface area (Å²) in [7, 11) is 0. The molecule has 62 valence electrons. The van der Waals surface area contributed by atoms with Crippen molar-refractivity contribution in [3.63, 3.8) is 0 Å². The highest BCUT2D eigenvalue weighted by Gasteiger charge is 2.31. The van der Waals surface area contributed by atoms with E-state index in [1.807, 2.05) is 0 Å². The lowest BCUT2D eigenvalue weighted by Crippen LogP contribution is -2.13. The number of carbonyl (C=O) groups is 1. The van der Waals surface area contributed by atoms with Gasteiger partial charge in [0.25, 0.3) is 11.9 Å². The fourth-order valence-electron chi connectivity index (χ4n) is 0.885. The number of amides is 1. The smallest absolute Gasteiger partial charge is 0.298 e. The Bertz CT molecular complexity index is 333. The van der Waals surface area contributed by atoms with Gasteiger partial charge < -0.3 is 10.5 Å². The van der Waals surface area contributed by atoms with Crippen LogP contribution >= 0.6 is 11.3 Å². The van der Waals surface area contributed by atoms with Gasteiger partial charge in [-0.15, -0.1) is 11.3 Å². The van der Waals surface area contributed by atoms with Gasteiger partial charge in [-0.05, 0) is 0 Å². The largest absolute Gasteiger partial charge is 0.444 e. The molecule has 1 aliphatic rings. The van der Waals surface area contributed by atoms with E-state index in [2.05, 4.69) is 9.98 Å². The molecule has 0 bridgehead atoms. The van der Waals surface area contributed by atoms with Crippen LogP contribution in [0.2, 0.25) is 0 Å². The molecule has 1 aromatic heterocycles. The molecule has 5 nitrogen and oxygen atoms in total. The number of nitrogens with zero attached hydrogens (tertiary/aromatic N) is 2. The Hall–Kier alpha value is -1.43. The Labute approximate surface area is 71.9 Å². The van der Waals surface area contributed by atoms with Crippen LogP contribution in [0.15, 0.2) is 16.6 Å². The molecule has 6 heteroatoms. The molecule has 2 N–H and O–H groups in total. The fourth-order valence-corrected chi connectivity index (χ4v) is 1.54. The highest BCUT2D eigenvalue weighted by molar-refractivity contribution is 7.09. The van der Waals surface area contributed by atoms with Gasteiger partial charge in [0.15, 0.2) is 0 Å². The molecule has 1 unspecified atom stereocenters. The Morgan fingerprint density at radius 3 is 3.00 bits per heavy atom. The first-order valence-electron chi connectivity index (χ1n) is 3.21. The number of carbonyl (C=O) groups excluding carboxylic acids is 1. The van der Waals surface area contributed by atoms with E-state index in [9.17, 15) is 4.79 Å². The van der Waals surface area contributed by atoms with Crippen molar-refractivity contribution in [2.24, 2.45) is 10.7 Å². The molecule has 2 rings (SSSR count). The number of aliphatic imine (C=N–C) groups is 1. The predicted octanol–water partition coefficient (Wildman–Crippen LogP) is 0.0557. The summed E-state index contributed by atoms with van der Waals surface area (Å²) in [6.07, 6.45) is 0.885. The van der Waals surface area contributed by atoms with Crippen molar-refractivity contribution in [3.8, 4) is 0 Å². The van der Waals surface area contributed by atoms with E-state index in [1.54, 1.807) is 11.6 Å². The van der Waals surface area contributed by atoms with Crippen molar-refractivity contribution in [2.45, 2.75) is 6.10 Å². The van der Waals surface area contributed by atoms with Crippen molar-refractivity contribution >= 4 is 23.3 Å². The molecule has 0 aliphatic carbocycles. The summed E-state index contributed by atoms with van der Waals surface area (Å²) in [4.78, 5) is 18.4. The van der Waals surface area contributed by atoms with Crippen LogP contribution in [0.3, 0.4) is 0 Å². The standard InChI is InChI=1S/C6H5N3O2S/c7-6-9-4(10)3(11-6)5-8-1-2-12-5/h1-3H,(H2,7,9,10). The molecule has 1 aliphatic heterocycles. The van der Waals surface area contributed by atoms with Gasteiger partial charge >= 0.3 is 0 Å². The molecular weight excluding hydrogens is 178 g/mol. The summed E-state index contributed by atoms with van der Waals surface area (Å²) in [5.41, 5.74) is 5.21. The summed E-state index contributed by atoms with van der Waals surface area (Å²) in [5, 5.41) is 2.35. The minimum Gasteiger partial charge on any atom is -0.444 e. The van der Waals surface area contributed by atoms with Crippen molar-refractivity contribution in [2.75, 3.05) is 0 Å². The van der Waals surface area contributed by atoms with Crippen LogP contribution in [0.4, 0.5) is 0 Å². The van der Waals surface area contributed by atoms with Gasteiger partial charge in [0, 0.05) is 11.6 Å². The first-order chi connectivity index (χ1) is 5.77. The van der Waals surface area contributed by atoms with E-state index in [4.69, 9.17) is 10.5 Å². The zero-order valence-corrected chi connectivity index (χ0v) is 6.75. The lowest BCUT2D eigenvalue weighted by Gasteiger charge is -2.02. The molecule has 0 aromatic carbocycles. The molecule has 0 spiro atoms. The molecule has 2 heterocycles. The molecule has 12 heavy (non-hydrogen) atoms. The number of aromatic nitrogens is 1. The first-order valence-corrected chi connectivity index (χ1v) is 4.09. The van der Waals surface area contributed by atoms with Gasteiger partial charge in [0.1, 0.15) is 5.01 Å². The summed E-state index contributed by atoms with van der Waals surface area (Å²) in [5.74, 6) is -0.387. The maximum Gasteiger partial charge on any atom is 0.298 e. The summed E-state index contributed by atoms with van der Waals surface area (Å²) in [6.45, 7) is 0. The van der Waals surface area contributed by atoms with Crippen LogP contribution in [0.25, 0.3) is 0 Å². The minimum atomic E-state index is -0.718. The number of ether oxygens (including phenoxy) is 1. The highest BCUT2D eigenvalue weighted by Crippen LogP contribution is 2.24. The number of hydrogen-bond donors (Lipinski definition) is 1. The van der Waals surface area contributed by atoms with Gasteiger partial charge in [0.2, 0.25) is 6.10 Å². The Morgan fingerprint density at radius 1 is 1.67 bits per heavy atom. The molecule has 1 amide bonds. The lowest BCUT2D eigenvalue weighted by atomic mass is 10.4. The minimum absolute atomic E-state index is 0.0831. The van der Waals surface area contributed by atoms with Crippen molar-refractivity contribution in [3.05, 3.63) is 16.6 Å². The third kappa shape index (κ3) is 1.06. The molecule has 0 radical (unpaired) electrons. The average Bonchev–Trinajstić information content (AvgIpc) is 2.58. The van der Waals surface area contributed by atoms with Crippen LogP contribution in [-0.2, 0) is 9.53 Å². The Kier molecular flexibility index (Phi) is 1.54. The second-order valence-corrected chi connectivity index (χ2v) is 3.08. The molecule has 1 atom stereocenters. The monoisotopic (exact) mass is 183 g/mol. The van der Waals surface area contributed by atoms with E-state index in [0.717, 1.165) is 0 Å². The van der Waals surface area contributed by atoms with Gasteiger partial charge in [0.05, 0.1) is 0 Å². The molecule has 0 fully saturated rings. The van der Waals surface area contributed by atoms with Crippen molar-refractivity contribution in [1.29, 1.82) is 0 Å². The third-order valence-corrected chi connectivity index (χ3v) is 2.18.